The summed E-state index contributed by atoms with van der Waals surface area (Å²) in [5.41, 5.74) is 7.45. The summed E-state index contributed by atoms with van der Waals surface area (Å²) in [5, 5.41) is 0. The van der Waals surface area contributed by atoms with Crippen LogP contribution < -0.4 is 10.6 Å². The average Bonchev–Trinajstić information content (AvgIpc) is 2.08. The van der Waals surface area contributed by atoms with Crippen molar-refractivity contribution in [3.05, 3.63) is 29.6 Å². The highest BCUT2D eigenvalue weighted by Gasteiger charge is 2.04. The van der Waals surface area contributed by atoms with Crippen LogP contribution in [0.4, 0.5) is 10.1 Å². The maximum absolute atomic E-state index is 12.9. The minimum atomic E-state index is -0.204. The van der Waals surface area contributed by atoms with Gasteiger partial charge >= 0.3 is 0 Å². The predicted octanol–water partition coefficient (Wildman–Crippen LogP) is 1.39. The van der Waals surface area contributed by atoms with Gasteiger partial charge in [-0.1, -0.05) is 6.07 Å². The molecule has 2 N–H and O–H groups in total. The van der Waals surface area contributed by atoms with Gasteiger partial charge in [0.05, 0.1) is 0 Å². The van der Waals surface area contributed by atoms with Gasteiger partial charge in [0.25, 0.3) is 0 Å². The summed E-state index contributed by atoms with van der Waals surface area (Å²) in [6, 6.07) is 4.79. The van der Waals surface area contributed by atoms with Crippen LogP contribution in [0, 0.1) is 5.82 Å². The van der Waals surface area contributed by atoms with E-state index in [9.17, 15) is 4.39 Å². The summed E-state index contributed by atoms with van der Waals surface area (Å²) < 4.78 is 12.9. The molecule has 3 heteroatoms. The molecule has 2 nitrogen and oxygen atoms in total. The lowest BCUT2D eigenvalue weighted by Gasteiger charge is -2.17. The molecule has 0 aliphatic carbocycles. The SMILES string of the molecule is CN(C)c1cc(F)ccc1CCN. The molecule has 13 heavy (non-hydrogen) atoms. The van der Waals surface area contributed by atoms with Crippen molar-refractivity contribution in [2.75, 3.05) is 25.5 Å². The van der Waals surface area contributed by atoms with E-state index in [1.54, 1.807) is 6.07 Å². The van der Waals surface area contributed by atoms with Gasteiger partial charge < -0.3 is 10.6 Å². The Bertz CT molecular complexity index is 284. The second kappa shape index (κ2) is 4.23. The largest absolute Gasteiger partial charge is 0.377 e. The molecule has 0 saturated carbocycles. The van der Waals surface area contributed by atoms with Crippen LogP contribution in [0.2, 0.25) is 0 Å². The monoisotopic (exact) mass is 182 g/mol. The van der Waals surface area contributed by atoms with E-state index in [-0.39, 0.29) is 5.82 Å². The molecule has 1 aromatic rings. The fourth-order valence-corrected chi connectivity index (χ4v) is 1.32. The number of nitrogens with two attached hydrogens (primary N) is 1. The number of anilines is 1. The van der Waals surface area contributed by atoms with Crippen molar-refractivity contribution in [3.63, 3.8) is 0 Å². The van der Waals surface area contributed by atoms with Crippen molar-refractivity contribution in [2.24, 2.45) is 5.73 Å². The predicted molar refractivity (Wildman–Crippen MR) is 53.5 cm³/mol. The third-order valence-electron chi connectivity index (χ3n) is 1.94. The molecular weight excluding hydrogens is 167 g/mol. The van der Waals surface area contributed by atoms with Crippen LogP contribution in [0.15, 0.2) is 18.2 Å². The highest BCUT2D eigenvalue weighted by molar-refractivity contribution is 5.52. The smallest absolute Gasteiger partial charge is 0.125 e. The highest BCUT2D eigenvalue weighted by atomic mass is 19.1. The average molecular weight is 182 g/mol. The molecule has 72 valence electrons. The Morgan fingerprint density at radius 3 is 2.62 bits per heavy atom. The van der Waals surface area contributed by atoms with Gasteiger partial charge in [-0.15, -0.1) is 0 Å². The minimum absolute atomic E-state index is 0.204. The first kappa shape index (κ1) is 9.99. The zero-order chi connectivity index (χ0) is 9.84. The molecule has 0 saturated heterocycles. The van der Waals surface area contributed by atoms with Gasteiger partial charge in [-0.25, -0.2) is 4.39 Å². The van der Waals surface area contributed by atoms with Crippen molar-refractivity contribution >= 4 is 5.69 Å². The first-order valence-electron chi connectivity index (χ1n) is 4.31. The van der Waals surface area contributed by atoms with Gasteiger partial charge in [0.2, 0.25) is 0 Å². The number of benzene rings is 1. The Labute approximate surface area is 78.2 Å². The van der Waals surface area contributed by atoms with Crippen molar-refractivity contribution in [3.8, 4) is 0 Å². The number of hydrogen-bond donors (Lipinski definition) is 1. The molecule has 0 aliphatic rings. The lowest BCUT2D eigenvalue weighted by atomic mass is 10.1. The van der Waals surface area contributed by atoms with E-state index < -0.39 is 0 Å². The zero-order valence-corrected chi connectivity index (χ0v) is 8.05. The fourth-order valence-electron chi connectivity index (χ4n) is 1.32. The lowest BCUT2D eigenvalue weighted by molar-refractivity contribution is 0.626. The van der Waals surface area contributed by atoms with Crippen LogP contribution in [-0.2, 0) is 6.42 Å². The molecule has 0 spiro atoms. The second-order valence-electron chi connectivity index (χ2n) is 3.21. The van der Waals surface area contributed by atoms with E-state index in [0.717, 1.165) is 17.7 Å². The molecule has 0 aliphatic heterocycles. The Morgan fingerprint density at radius 2 is 2.08 bits per heavy atom. The summed E-state index contributed by atoms with van der Waals surface area (Å²) in [6.07, 6.45) is 0.786. The summed E-state index contributed by atoms with van der Waals surface area (Å²) in [6.45, 7) is 0.590. The van der Waals surface area contributed by atoms with Crippen molar-refractivity contribution < 1.29 is 4.39 Å². The Kier molecular flexibility index (Phi) is 3.25. The molecule has 0 amide bonds. The molecule has 1 rings (SSSR count). The molecule has 1 aromatic carbocycles. The van der Waals surface area contributed by atoms with Crippen LogP contribution in [0.1, 0.15) is 5.56 Å². The van der Waals surface area contributed by atoms with E-state index in [4.69, 9.17) is 5.73 Å². The Hall–Kier alpha value is -1.09. The number of rotatable bonds is 3. The minimum Gasteiger partial charge on any atom is -0.377 e. The van der Waals surface area contributed by atoms with Crippen LogP contribution in [-0.4, -0.2) is 20.6 Å². The van der Waals surface area contributed by atoms with Gasteiger partial charge in [-0.05, 0) is 30.7 Å². The number of hydrogen-bond acceptors (Lipinski definition) is 2. The van der Waals surface area contributed by atoms with Gasteiger partial charge in [0, 0.05) is 19.8 Å². The molecule has 0 bridgehead atoms. The quantitative estimate of drug-likeness (QED) is 0.765. The molecule has 0 atom stereocenters. The first-order chi connectivity index (χ1) is 6.15. The summed E-state index contributed by atoms with van der Waals surface area (Å²) in [5.74, 6) is -0.204. The van der Waals surface area contributed by atoms with E-state index in [1.807, 2.05) is 19.0 Å². The topological polar surface area (TPSA) is 29.3 Å². The summed E-state index contributed by atoms with van der Waals surface area (Å²) >= 11 is 0. The van der Waals surface area contributed by atoms with Crippen molar-refractivity contribution in [1.82, 2.24) is 0 Å². The fraction of sp³-hybridized carbons (Fsp3) is 0.400. The third kappa shape index (κ3) is 2.42. The summed E-state index contributed by atoms with van der Waals surface area (Å²) in [4.78, 5) is 1.90. The summed E-state index contributed by atoms with van der Waals surface area (Å²) in [7, 11) is 3.80. The van der Waals surface area contributed by atoms with E-state index in [0.29, 0.717) is 6.54 Å². The molecule has 0 heterocycles. The van der Waals surface area contributed by atoms with E-state index >= 15 is 0 Å². The van der Waals surface area contributed by atoms with Crippen LogP contribution >= 0.6 is 0 Å². The maximum Gasteiger partial charge on any atom is 0.125 e. The van der Waals surface area contributed by atoms with Crippen LogP contribution in [0.25, 0.3) is 0 Å². The van der Waals surface area contributed by atoms with E-state index in [2.05, 4.69) is 0 Å². The standard InChI is InChI=1S/C10H15FN2/c1-13(2)10-7-9(11)4-3-8(10)5-6-12/h3-4,7H,5-6,12H2,1-2H3. The molecule has 0 unspecified atom stereocenters. The van der Waals surface area contributed by atoms with Crippen molar-refractivity contribution in [2.45, 2.75) is 6.42 Å². The number of nitrogens with zero attached hydrogens (tertiary/aromatic N) is 1. The van der Waals surface area contributed by atoms with Crippen LogP contribution in [0.3, 0.4) is 0 Å². The lowest BCUT2D eigenvalue weighted by Crippen LogP contribution is -2.13. The Morgan fingerprint density at radius 1 is 1.38 bits per heavy atom. The molecular formula is C10H15FN2. The number of halogens is 1. The van der Waals surface area contributed by atoms with Gasteiger partial charge in [0.1, 0.15) is 5.82 Å². The Balaban J connectivity index is 3.03. The molecule has 0 radical (unpaired) electrons. The first-order valence-corrected chi connectivity index (χ1v) is 4.31. The van der Waals surface area contributed by atoms with Gasteiger partial charge in [0.15, 0.2) is 0 Å². The third-order valence-corrected chi connectivity index (χ3v) is 1.94. The zero-order valence-electron chi connectivity index (χ0n) is 8.05. The van der Waals surface area contributed by atoms with Crippen molar-refractivity contribution in [1.29, 1.82) is 0 Å². The second-order valence-corrected chi connectivity index (χ2v) is 3.21. The van der Waals surface area contributed by atoms with E-state index in [1.165, 1.54) is 12.1 Å². The van der Waals surface area contributed by atoms with Gasteiger partial charge in [-0.2, -0.15) is 0 Å². The highest BCUT2D eigenvalue weighted by Crippen LogP contribution is 2.19. The maximum atomic E-state index is 12.9. The normalized spacial score (nSPS) is 10.2. The molecule has 0 aromatic heterocycles. The molecule has 0 fully saturated rings. The van der Waals surface area contributed by atoms with Gasteiger partial charge in [-0.3, -0.25) is 0 Å². The van der Waals surface area contributed by atoms with Crippen LogP contribution in [0.5, 0.6) is 0 Å².